The molecule has 0 saturated heterocycles. The van der Waals surface area contributed by atoms with Crippen molar-refractivity contribution in [3.05, 3.63) is 143 Å². The van der Waals surface area contributed by atoms with E-state index in [-0.39, 0.29) is 17.8 Å². The smallest absolute Gasteiger partial charge is 0.0690 e. The van der Waals surface area contributed by atoms with Crippen LogP contribution < -0.4 is 0 Å². The van der Waals surface area contributed by atoms with Crippen LogP contribution in [0.1, 0.15) is 76.8 Å². The molecule has 0 unspecified atom stereocenters. The Labute approximate surface area is 241 Å². The van der Waals surface area contributed by atoms with Crippen molar-refractivity contribution in [2.45, 2.75) is 49.9 Å². The molecule has 0 fully saturated rings. The lowest BCUT2D eigenvalue weighted by molar-refractivity contribution is 0.287. The van der Waals surface area contributed by atoms with Crippen molar-refractivity contribution in [3.63, 3.8) is 0 Å². The molecule has 1 nitrogen and oxygen atoms in total. The van der Waals surface area contributed by atoms with E-state index in [9.17, 15) is 5.26 Å². The molecular formula is C40H31N. The van der Waals surface area contributed by atoms with Gasteiger partial charge >= 0.3 is 0 Å². The van der Waals surface area contributed by atoms with Gasteiger partial charge in [-0.15, -0.1) is 0 Å². The van der Waals surface area contributed by atoms with E-state index in [2.05, 4.69) is 129 Å². The van der Waals surface area contributed by atoms with Gasteiger partial charge in [-0.2, -0.15) is 5.26 Å². The maximum absolute atomic E-state index is 10.6. The lowest BCUT2D eigenvalue weighted by Crippen LogP contribution is -2.29. The molecule has 0 aliphatic heterocycles. The third kappa shape index (κ3) is 2.95. The third-order valence-electron chi connectivity index (χ3n) is 10.8. The zero-order valence-electron chi connectivity index (χ0n) is 23.4. The first-order valence-electron chi connectivity index (χ1n) is 15.0. The van der Waals surface area contributed by atoms with Crippen molar-refractivity contribution >= 4 is 32.3 Å². The van der Waals surface area contributed by atoms with E-state index in [4.69, 9.17) is 0 Å². The summed E-state index contributed by atoms with van der Waals surface area (Å²) in [5.41, 5.74) is 8.23. The highest BCUT2D eigenvalue weighted by Gasteiger charge is 2.53. The average Bonchev–Trinajstić information content (AvgIpc) is 3.65. The van der Waals surface area contributed by atoms with Crippen LogP contribution in [0.15, 0.2) is 109 Å². The fraction of sp³-hybridized carbons (Fsp3) is 0.225. The van der Waals surface area contributed by atoms with E-state index >= 15 is 0 Å². The quantitative estimate of drug-likeness (QED) is 0.225. The van der Waals surface area contributed by atoms with Crippen LogP contribution in [0.3, 0.4) is 0 Å². The molecule has 0 N–H and O–H groups in total. The maximum atomic E-state index is 10.6. The van der Waals surface area contributed by atoms with Crippen molar-refractivity contribution < 1.29 is 0 Å². The zero-order valence-corrected chi connectivity index (χ0v) is 23.4. The van der Waals surface area contributed by atoms with Crippen LogP contribution in [0.25, 0.3) is 32.3 Å². The number of rotatable bonds is 3. The van der Waals surface area contributed by atoms with Crippen molar-refractivity contribution in [2.24, 2.45) is 5.41 Å². The predicted octanol–water partition coefficient (Wildman–Crippen LogP) is 10.1. The first-order chi connectivity index (χ1) is 20.1. The molecule has 0 bridgehead atoms. The molecule has 1 heteroatoms. The molecule has 6 aromatic rings. The Morgan fingerprint density at radius 1 is 0.537 bits per heavy atom. The second-order valence-electron chi connectivity index (χ2n) is 13.1. The molecule has 196 valence electrons. The summed E-state index contributed by atoms with van der Waals surface area (Å²) in [6.45, 7) is 4.33. The molecule has 0 spiro atoms. The van der Waals surface area contributed by atoms with E-state index in [1.54, 1.807) is 0 Å². The van der Waals surface area contributed by atoms with Gasteiger partial charge in [-0.25, -0.2) is 0 Å². The minimum atomic E-state index is -0.510. The average molecular weight is 526 g/mol. The van der Waals surface area contributed by atoms with E-state index in [0.717, 1.165) is 6.42 Å². The summed E-state index contributed by atoms with van der Waals surface area (Å²) < 4.78 is 0. The van der Waals surface area contributed by atoms with Crippen molar-refractivity contribution in [1.29, 1.82) is 5.26 Å². The van der Waals surface area contributed by atoms with Crippen molar-refractivity contribution in [1.82, 2.24) is 0 Å². The van der Waals surface area contributed by atoms with Crippen LogP contribution in [0.2, 0.25) is 0 Å². The van der Waals surface area contributed by atoms with Crippen LogP contribution in [0.4, 0.5) is 0 Å². The highest BCUT2D eigenvalue weighted by atomic mass is 14.6. The molecule has 3 aliphatic rings. The summed E-state index contributed by atoms with van der Waals surface area (Å²) in [5.74, 6) is 1.34. The minimum absolute atomic E-state index is 0.116. The molecule has 3 aliphatic carbocycles. The van der Waals surface area contributed by atoms with E-state index in [0.29, 0.717) is 11.8 Å². The van der Waals surface area contributed by atoms with Gasteiger partial charge in [0, 0.05) is 11.8 Å². The maximum Gasteiger partial charge on any atom is 0.0690 e. The predicted molar refractivity (Wildman–Crippen MR) is 169 cm³/mol. The van der Waals surface area contributed by atoms with E-state index in [1.165, 1.54) is 65.7 Å². The molecule has 0 aromatic heterocycles. The second kappa shape index (κ2) is 8.08. The van der Waals surface area contributed by atoms with Gasteiger partial charge in [0.2, 0.25) is 0 Å². The summed E-state index contributed by atoms with van der Waals surface area (Å²) in [6, 6.07) is 44.0. The van der Waals surface area contributed by atoms with E-state index in [1.807, 2.05) is 0 Å². The summed E-state index contributed by atoms with van der Waals surface area (Å²) in [4.78, 5) is 0. The molecule has 41 heavy (non-hydrogen) atoms. The van der Waals surface area contributed by atoms with Crippen LogP contribution in [-0.2, 0) is 6.42 Å². The van der Waals surface area contributed by atoms with Crippen LogP contribution in [0.5, 0.6) is 0 Å². The lowest BCUT2D eigenvalue weighted by Gasteiger charge is -2.40. The number of nitriles is 1. The van der Waals surface area contributed by atoms with Crippen molar-refractivity contribution in [3.8, 4) is 6.07 Å². The molecule has 6 aromatic carbocycles. The zero-order chi connectivity index (χ0) is 27.5. The van der Waals surface area contributed by atoms with Gasteiger partial charge in [0.05, 0.1) is 11.5 Å². The molecule has 0 saturated carbocycles. The topological polar surface area (TPSA) is 23.8 Å². The van der Waals surface area contributed by atoms with Gasteiger partial charge in [0.15, 0.2) is 0 Å². The Balaban J connectivity index is 1.34. The number of nitrogens with zero attached hydrogens (tertiary/aromatic N) is 1. The molecule has 0 heterocycles. The highest BCUT2D eigenvalue weighted by Crippen LogP contribution is 2.67. The Kier molecular flexibility index (Phi) is 4.59. The number of benzene rings is 6. The Hall–Kier alpha value is -4.41. The Morgan fingerprint density at radius 2 is 1.00 bits per heavy atom. The summed E-state index contributed by atoms with van der Waals surface area (Å²) in [6.07, 6.45) is 1.07. The van der Waals surface area contributed by atoms with Crippen molar-refractivity contribution in [2.75, 3.05) is 0 Å². The fourth-order valence-corrected chi connectivity index (χ4v) is 9.44. The highest BCUT2D eigenvalue weighted by molar-refractivity contribution is 5.97. The van der Waals surface area contributed by atoms with Crippen LogP contribution in [-0.4, -0.2) is 0 Å². The molecule has 0 radical (unpaired) electrons. The molecule has 5 atom stereocenters. The Morgan fingerprint density at radius 3 is 1.61 bits per heavy atom. The van der Waals surface area contributed by atoms with Gasteiger partial charge in [-0.1, -0.05) is 109 Å². The van der Waals surface area contributed by atoms with E-state index < -0.39 is 5.41 Å². The fourth-order valence-electron chi connectivity index (χ4n) is 9.44. The van der Waals surface area contributed by atoms with Gasteiger partial charge in [0.25, 0.3) is 0 Å². The first kappa shape index (κ1) is 23.3. The van der Waals surface area contributed by atoms with Crippen LogP contribution in [0, 0.1) is 16.7 Å². The first-order valence-corrected chi connectivity index (χ1v) is 15.0. The summed E-state index contributed by atoms with van der Waals surface area (Å²) in [7, 11) is 0. The van der Waals surface area contributed by atoms with Gasteiger partial charge in [-0.05, 0) is 104 Å². The third-order valence-corrected chi connectivity index (χ3v) is 10.8. The van der Waals surface area contributed by atoms with Gasteiger partial charge in [-0.3, -0.25) is 0 Å². The summed E-state index contributed by atoms with van der Waals surface area (Å²) in [5, 5.41) is 18.9. The molecule has 0 amide bonds. The number of hydrogen-bond donors (Lipinski definition) is 0. The normalized spacial score (nSPS) is 24.0. The monoisotopic (exact) mass is 525 g/mol. The standard InChI is InChI=1S/C40H31N/c1-40(2,22-41)39-31-20-8-14-25-13-7-19-30(35(25)31)38(39)37-29-18-6-12-24-11-5-17-28(34(24)29)36(37)32-21-26-15-3-9-23-10-4-16-27(32)33(23)26/h3-20,32,36-39H,21H2,1-2H3/t32-,36-,37+,38-,39+/m0/s1. The van der Waals surface area contributed by atoms with Gasteiger partial charge < -0.3 is 0 Å². The Bertz CT molecular complexity index is 2090. The SMILES string of the molecule is CC(C)(C#N)[C@@H]1c2cccc3cccc(c23)[C@H]1[C@@H]1c2cccc3cccc(c23)[C@H]1[C@H]1Cc2cccc3cccc1c23. The van der Waals surface area contributed by atoms with Gasteiger partial charge in [0.1, 0.15) is 0 Å². The second-order valence-corrected chi connectivity index (χ2v) is 13.1. The minimum Gasteiger partial charge on any atom is -0.198 e. The lowest BCUT2D eigenvalue weighted by atomic mass is 9.62. The largest absolute Gasteiger partial charge is 0.198 e. The molecular weight excluding hydrogens is 494 g/mol. The van der Waals surface area contributed by atoms with Crippen LogP contribution >= 0.6 is 0 Å². The number of hydrogen-bond acceptors (Lipinski definition) is 1. The summed E-state index contributed by atoms with van der Waals surface area (Å²) >= 11 is 0. The molecule has 9 rings (SSSR count).